The first kappa shape index (κ1) is 30.0. The molecular weight excluding hydrogens is 560 g/mol. The lowest BCUT2D eigenvalue weighted by Crippen LogP contribution is -2.46. The summed E-state index contributed by atoms with van der Waals surface area (Å²) in [5.74, 6) is -0.678. The third-order valence-corrected chi connectivity index (χ3v) is 8.56. The molecule has 1 N–H and O–H groups in total. The Morgan fingerprint density at radius 2 is 1.24 bits per heavy atom. The van der Waals surface area contributed by atoms with Crippen molar-refractivity contribution < 1.29 is 14.3 Å². The topological polar surface area (TPSA) is 76.5 Å². The van der Waals surface area contributed by atoms with Crippen molar-refractivity contribution in [1.82, 2.24) is 19.8 Å². The Bertz CT molecular complexity index is 1650. The van der Waals surface area contributed by atoms with Gasteiger partial charge in [-0.1, -0.05) is 130 Å². The summed E-state index contributed by atoms with van der Waals surface area (Å²) in [7, 11) is 1.78. The van der Waals surface area contributed by atoms with Gasteiger partial charge in [0.15, 0.2) is 6.10 Å². The number of ether oxygens (including phenoxy) is 1. The summed E-state index contributed by atoms with van der Waals surface area (Å²) >= 11 is 0. The van der Waals surface area contributed by atoms with E-state index in [2.05, 4.69) is 67.1 Å². The normalized spacial score (nSPS) is 17.7. The van der Waals surface area contributed by atoms with Crippen LogP contribution in [0.5, 0.6) is 0 Å². The van der Waals surface area contributed by atoms with E-state index in [0.717, 1.165) is 16.7 Å². The number of hydrogen-bond donors (Lipinski definition) is 1. The number of carbonyl (C=O) groups is 2. The lowest BCUT2D eigenvalue weighted by atomic mass is 9.77. The molecule has 1 fully saturated rings. The Hall–Kier alpha value is -5.01. The first-order chi connectivity index (χ1) is 21.7. The lowest BCUT2D eigenvalue weighted by Gasteiger charge is -2.37. The molecule has 0 aliphatic carbocycles. The minimum Gasteiger partial charge on any atom is -0.450 e. The molecule has 0 unspecified atom stereocenters. The fourth-order valence-corrected chi connectivity index (χ4v) is 6.46. The zero-order valence-electron chi connectivity index (χ0n) is 26.0. The highest BCUT2D eigenvalue weighted by Gasteiger charge is 2.48. The largest absolute Gasteiger partial charge is 0.450 e. The van der Waals surface area contributed by atoms with Gasteiger partial charge in [0.1, 0.15) is 17.3 Å². The molecule has 7 nitrogen and oxygen atoms in total. The standard InChI is InChI=1S/C38H38N4O3/c1-37(2,3)36-40-32(34(43)41(36)4)33(45-35(44)27-17-9-5-10-18-27)31-25-42(26-39-31)38(28-19-11-6-12-20-28,29-21-13-7-14-22-29)30-23-15-8-16-24-30/h5-26,32-33,36,40H,1-4H3/t32-,33+,36+/m1/s1. The minimum absolute atomic E-state index is 0.157. The van der Waals surface area contributed by atoms with E-state index >= 15 is 0 Å². The van der Waals surface area contributed by atoms with Crippen LogP contribution in [0.3, 0.4) is 0 Å². The summed E-state index contributed by atoms with van der Waals surface area (Å²) < 4.78 is 8.27. The molecule has 1 aromatic heterocycles. The quantitative estimate of drug-likeness (QED) is 0.165. The van der Waals surface area contributed by atoms with E-state index in [9.17, 15) is 9.59 Å². The van der Waals surface area contributed by atoms with Gasteiger partial charge in [-0.3, -0.25) is 10.1 Å². The molecule has 1 aliphatic rings. The number of aromatic nitrogens is 2. The predicted molar refractivity (Wildman–Crippen MR) is 174 cm³/mol. The van der Waals surface area contributed by atoms with Crippen LogP contribution in [0.25, 0.3) is 0 Å². The van der Waals surface area contributed by atoms with Crippen LogP contribution in [0.4, 0.5) is 0 Å². The lowest BCUT2D eigenvalue weighted by molar-refractivity contribution is -0.131. The molecule has 3 atom stereocenters. The van der Waals surface area contributed by atoms with Crippen molar-refractivity contribution in [2.24, 2.45) is 5.41 Å². The van der Waals surface area contributed by atoms with E-state index in [1.165, 1.54) is 0 Å². The average Bonchev–Trinajstić information content (AvgIpc) is 3.67. The molecule has 228 valence electrons. The molecule has 4 aromatic carbocycles. The summed E-state index contributed by atoms with van der Waals surface area (Å²) in [5, 5.41) is 3.48. The van der Waals surface area contributed by atoms with Crippen LogP contribution in [-0.2, 0) is 15.1 Å². The monoisotopic (exact) mass is 598 g/mol. The van der Waals surface area contributed by atoms with Gasteiger partial charge in [-0.15, -0.1) is 0 Å². The number of rotatable bonds is 8. The predicted octanol–water partition coefficient (Wildman–Crippen LogP) is 6.42. The maximum absolute atomic E-state index is 13.8. The third kappa shape index (κ3) is 5.56. The van der Waals surface area contributed by atoms with E-state index in [1.807, 2.05) is 66.9 Å². The maximum atomic E-state index is 13.8. The van der Waals surface area contributed by atoms with Crippen LogP contribution in [0.2, 0.25) is 0 Å². The van der Waals surface area contributed by atoms with Gasteiger partial charge in [-0.05, 0) is 34.2 Å². The average molecular weight is 599 g/mol. The Kier molecular flexibility index (Phi) is 8.12. The van der Waals surface area contributed by atoms with Gasteiger partial charge in [0, 0.05) is 13.2 Å². The van der Waals surface area contributed by atoms with Gasteiger partial charge in [-0.2, -0.15) is 0 Å². The van der Waals surface area contributed by atoms with Crippen molar-refractivity contribution >= 4 is 11.9 Å². The minimum atomic E-state index is -0.985. The summed E-state index contributed by atoms with van der Waals surface area (Å²) in [6.07, 6.45) is 2.44. The first-order valence-corrected chi connectivity index (χ1v) is 15.2. The zero-order chi connectivity index (χ0) is 31.6. The SMILES string of the molecule is CN1C(=O)[C@@H]([C@@H](OC(=O)c2ccccc2)c2cn(C(c3ccccc3)(c3ccccc3)c3ccccc3)cn2)N[C@@H]1C(C)(C)C. The molecular formula is C38H38N4O3. The van der Waals surface area contributed by atoms with Crippen molar-refractivity contribution in [2.45, 2.75) is 44.6 Å². The van der Waals surface area contributed by atoms with E-state index < -0.39 is 23.7 Å². The van der Waals surface area contributed by atoms with E-state index in [4.69, 9.17) is 9.72 Å². The first-order valence-electron chi connectivity index (χ1n) is 15.2. The van der Waals surface area contributed by atoms with E-state index in [0.29, 0.717) is 11.3 Å². The van der Waals surface area contributed by atoms with Gasteiger partial charge < -0.3 is 14.2 Å². The molecule has 5 aromatic rings. The Labute approximate surface area is 264 Å². The summed E-state index contributed by atoms with van der Waals surface area (Å²) in [5.41, 5.74) is 2.92. The molecule has 0 bridgehead atoms. The van der Waals surface area contributed by atoms with E-state index in [1.54, 1.807) is 42.5 Å². The van der Waals surface area contributed by atoms with Crippen LogP contribution in [0.15, 0.2) is 134 Å². The number of benzene rings is 4. The fraction of sp³-hybridized carbons (Fsp3) is 0.237. The van der Waals surface area contributed by atoms with Crippen molar-refractivity contribution in [2.75, 3.05) is 7.05 Å². The summed E-state index contributed by atoms with van der Waals surface area (Å²) in [4.78, 5) is 33.9. The maximum Gasteiger partial charge on any atom is 0.338 e. The third-order valence-electron chi connectivity index (χ3n) is 8.56. The van der Waals surface area contributed by atoms with E-state index in [-0.39, 0.29) is 17.5 Å². The highest BCUT2D eigenvalue weighted by atomic mass is 16.5. The molecule has 1 saturated heterocycles. The smallest absolute Gasteiger partial charge is 0.338 e. The molecule has 1 amide bonds. The molecule has 6 rings (SSSR count). The van der Waals surface area contributed by atoms with Gasteiger partial charge >= 0.3 is 5.97 Å². The van der Waals surface area contributed by atoms with Gasteiger partial charge in [-0.25, -0.2) is 9.78 Å². The molecule has 2 heterocycles. The molecule has 7 heteroatoms. The van der Waals surface area contributed by atoms with Crippen LogP contribution in [0, 0.1) is 5.41 Å². The van der Waals surface area contributed by atoms with Gasteiger partial charge in [0.05, 0.1) is 18.1 Å². The van der Waals surface area contributed by atoms with Crippen molar-refractivity contribution in [1.29, 1.82) is 0 Å². The molecule has 1 aliphatic heterocycles. The Balaban J connectivity index is 1.52. The fourth-order valence-electron chi connectivity index (χ4n) is 6.46. The Morgan fingerprint density at radius 1 is 0.778 bits per heavy atom. The number of nitrogens with zero attached hydrogens (tertiary/aromatic N) is 3. The summed E-state index contributed by atoms with van der Waals surface area (Å²) in [6.45, 7) is 6.22. The number of esters is 1. The van der Waals surface area contributed by atoms with Gasteiger partial charge in [0.25, 0.3) is 0 Å². The van der Waals surface area contributed by atoms with Crippen molar-refractivity contribution in [3.63, 3.8) is 0 Å². The Morgan fingerprint density at radius 3 is 1.69 bits per heavy atom. The highest BCUT2D eigenvalue weighted by Crippen LogP contribution is 2.42. The van der Waals surface area contributed by atoms with Crippen LogP contribution < -0.4 is 5.32 Å². The molecule has 0 spiro atoms. The van der Waals surface area contributed by atoms with Crippen LogP contribution in [-0.4, -0.2) is 45.6 Å². The highest BCUT2D eigenvalue weighted by molar-refractivity contribution is 5.90. The zero-order valence-corrected chi connectivity index (χ0v) is 26.0. The number of imidazole rings is 1. The molecule has 0 radical (unpaired) electrons. The second kappa shape index (κ2) is 12.2. The second-order valence-corrected chi connectivity index (χ2v) is 12.6. The number of amides is 1. The van der Waals surface area contributed by atoms with Crippen LogP contribution >= 0.6 is 0 Å². The van der Waals surface area contributed by atoms with Crippen LogP contribution in [0.1, 0.15) is 59.6 Å². The number of carbonyl (C=O) groups excluding carboxylic acids is 2. The molecule has 45 heavy (non-hydrogen) atoms. The van der Waals surface area contributed by atoms with Crippen molar-refractivity contribution in [3.8, 4) is 0 Å². The van der Waals surface area contributed by atoms with Gasteiger partial charge in [0.2, 0.25) is 5.91 Å². The number of likely N-dealkylation sites (N-methyl/N-ethyl adjacent to an activating group) is 1. The van der Waals surface area contributed by atoms with Crippen molar-refractivity contribution in [3.05, 3.63) is 162 Å². The summed E-state index contributed by atoms with van der Waals surface area (Å²) in [6, 6.07) is 38.8. The number of nitrogens with one attached hydrogen (secondary N) is 1. The second-order valence-electron chi connectivity index (χ2n) is 12.6. The number of hydrogen-bond acceptors (Lipinski definition) is 5. The molecule has 0 saturated carbocycles.